The number of nitrogens with one attached hydrogen (secondary N) is 1. The van der Waals surface area contributed by atoms with Gasteiger partial charge in [0.25, 0.3) is 5.89 Å². The predicted octanol–water partition coefficient (Wildman–Crippen LogP) is 3.41. The van der Waals surface area contributed by atoms with Crippen molar-refractivity contribution in [2.24, 2.45) is 0 Å². The summed E-state index contributed by atoms with van der Waals surface area (Å²) in [6.07, 6.45) is 5.34. The maximum absolute atomic E-state index is 12.8. The zero-order chi connectivity index (χ0) is 17.6. The summed E-state index contributed by atoms with van der Waals surface area (Å²) in [5, 5.41) is 7.23. The van der Waals surface area contributed by atoms with E-state index in [0.29, 0.717) is 29.1 Å². The Morgan fingerprint density at radius 3 is 3.16 bits per heavy atom. The number of carbonyl (C=O) groups excluding carboxylic acids is 1. The lowest BCUT2D eigenvalue weighted by atomic mass is 10.1. The van der Waals surface area contributed by atoms with Gasteiger partial charge in [0.2, 0.25) is 0 Å². The summed E-state index contributed by atoms with van der Waals surface area (Å²) >= 11 is 5.88. The summed E-state index contributed by atoms with van der Waals surface area (Å²) < 4.78 is 10.2. The van der Waals surface area contributed by atoms with Crippen molar-refractivity contribution in [3.63, 3.8) is 0 Å². The summed E-state index contributed by atoms with van der Waals surface area (Å²) in [4.78, 5) is 22.8. The number of nitrogens with zero attached hydrogens (tertiary/aromatic N) is 4. The highest BCUT2D eigenvalue weighted by atomic mass is 35.5. The Morgan fingerprint density at radius 2 is 2.36 bits per heavy atom. The number of amides is 2. The Balaban J connectivity index is 1.78. The van der Waals surface area contributed by atoms with Crippen LogP contribution in [0.25, 0.3) is 0 Å². The second-order valence-electron chi connectivity index (χ2n) is 5.84. The molecule has 134 valence electrons. The minimum Gasteiger partial charge on any atom is -0.375 e. The third-order valence-electron chi connectivity index (χ3n) is 4.04. The molecule has 2 aromatic heterocycles. The number of anilines is 1. The fraction of sp³-hybridized carbons (Fsp3) is 0.500. The van der Waals surface area contributed by atoms with Crippen LogP contribution in [0.15, 0.2) is 22.9 Å². The van der Waals surface area contributed by atoms with E-state index in [1.807, 2.05) is 0 Å². The van der Waals surface area contributed by atoms with Crippen LogP contribution in [0.5, 0.6) is 0 Å². The Labute approximate surface area is 150 Å². The lowest BCUT2D eigenvalue weighted by Crippen LogP contribution is -2.38. The third kappa shape index (κ3) is 4.46. The van der Waals surface area contributed by atoms with Crippen molar-refractivity contribution in [2.45, 2.75) is 38.3 Å². The highest BCUT2D eigenvalue weighted by molar-refractivity contribution is 6.29. The number of pyridine rings is 1. The standard InChI is InChI=1S/C16H20ClN5O3/c1-24-10-14-20-15(21-25-14)12-5-3-2-4-8-22(12)16(23)19-11-6-7-18-13(17)9-11/h6-7,9,12H,2-5,8,10H2,1H3,(H,18,19,23)/t12-/m0/s1. The Kier molecular flexibility index (Phi) is 5.83. The number of halogens is 1. The van der Waals surface area contributed by atoms with Gasteiger partial charge in [-0.1, -0.05) is 29.6 Å². The molecule has 0 unspecified atom stereocenters. The molecule has 1 aliphatic rings. The van der Waals surface area contributed by atoms with Gasteiger partial charge >= 0.3 is 6.03 Å². The lowest BCUT2D eigenvalue weighted by Gasteiger charge is -2.28. The van der Waals surface area contributed by atoms with Crippen LogP contribution in [0, 0.1) is 0 Å². The molecule has 8 nitrogen and oxygen atoms in total. The van der Waals surface area contributed by atoms with Gasteiger partial charge in [-0.3, -0.25) is 0 Å². The first-order chi connectivity index (χ1) is 12.2. The molecule has 3 rings (SSSR count). The van der Waals surface area contributed by atoms with Crippen LogP contribution in [-0.2, 0) is 11.3 Å². The molecule has 0 radical (unpaired) electrons. The summed E-state index contributed by atoms with van der Waals surface area (Å²) in [5.74, 6) is 0.917. The smallest absolute Gasteiger partial charge is 0.322 e. The lowest BCUT2D eigenvalue weighted by molar-refractivity contribution is 0.151. The molecule has 1 fully saturated rings. The number of methoxy groups -OCH3 is 1. The quantitative estimate of drug-likeness (QED) is 0.834. The first kappa shape index (κ1) is 17.6. The minimum atomic E-state index is -0.228. The van der Waals surface area contributed by atoms with Gasteiger partial charge in [0.05, 0.1) is 6.04 Å². The Hall–Kier alpha value is -2.19. The zero-order valence-corrected chi connectivity index (χ0v) is 14.7. The maximum atomic E-state index is 12.8. The zero-order valence-electron chi connectivity index (χ0n) is 13.9. The van der Waals surface area contributed by atoms with Crippen molar-refractivity contribution in [2.75, 3.05) is 19.0 Å². The van der Waals surface area contributed by atoms with E-state index in [9.17, 15) is 4.79 Å². The topological polar surface area (TPSA) is 93.4 Å². The molecule has 2 amide bonds. The van der Waals surface area contributed by atoms with E-state index < -0.39 is 0 Å². The summed E-state index contributed by atoms with van der Waals surface area (Å²) in [6, 6.07) is 2.86. The molecular formula is C16H20ClN5O3. The largest absolute Gasteiger partial charge is 0.375 e. The minimum absolute atomic E-state index is 0.216. The normalized spacial score (nSPS) is 18.0. The molecule has 1 N–H and O–H groups in total. The number of likely N-dealkylation sites (tertiary alicyclic amines) is 1. The average Bonchev–Trinajstić information content (AvgIpc) is 2.90. The predicted molar refractivity (Wildman–Crippen MR) is 91.2 cm³/mol. The van der Waals surface area contributed by atoms with Gasteiger partial charge < -0.3 is 19.5 Å². The number of hydrogen-bond acceptors (Lipinski definition) is 6. The first-order valence-electron chi connectivity index (χ1n) is 8.18. The molecule has 1 aliphatic heterocycles. The Bertz CT molecular complexity index is 723. The molecule has 3 heterocycles. The molecule has 0 bridgehead atoms. The van der Waals surface area contributed by atoms with Crippen molar-refractivity contribution in [1.29, 1.82) is 0 Å². The van der Waals surface area contributed by atoms with Crippen LogP contribution in [0.3, 0.4) is 0 Å². The Morgan fingerprint density at radius 1 is 1.48 bits per heavy atom. The van der Waals surface area contributed by atoms with Crippen molar-refractivity contribution >= 4 is 23.3 Å². The SMILES string of the molecule is COCc1nc([C@@H]2CCCCCN2C(=O)Nc2ccnc(Cl)c2)no1. The van der Waals surface area contributed by atoms with Crippen LogP contribution < -0.4 is 5.32 Å². The van der Waals surface area contributed by atoms with Crippen molar-refractivity contribution in [3.8, 4) is 0 Å². The number of carbonyl (C=O) groups is 1. The third-order valence-corrected chi connectivity index (χ3v) is 4.25. The number of rotatable bonds is 4. The first-order valence-corrected chi connectivity index (χ1v) is 8.56. The molecule has 0 aromatic carbocycles. The molecule has 0 saturated carbocycles. The number of hydrogen-bond donors (Lipinski definition) is 1. The molecular weight excluding hydrogens is 346 g/mol. The van der Waals surface area contributed by atoms with Crippen LogP contribution >= 0.6 is 11.6 Å². The van der Waals surface area contributed by atoms with E-state index in [0.717, 1.165) is 25.7 Å². The second-order valence-corrected chi connectivity index (χ2v) is 6.22. The molecule has 0 spiro atoms. The van der Waals surface area contributed by atoms with Crippen molar-refractivity contribution in [3.05, 3.63) is 35.2 Å². The monoisotopic (exact) mass is 365 g/mol. The van der Waals surface area contributed by atoms with Crippen molar-refractivity contribution in [1.82, 2.24) is 20.0 Å². The average molecular weight is 366 g/mol. The summed E-state index contributed by atoms with van der Waals surface area (Å²) in [7, 11) is 1.56. The van der Waals surface area contributed by atoms with Crippen LogP contribution in [-0.4, -0.2) is 39.7 Å². The number of urea groups is 1. The van der Waals surface area contributed by atoms with Crippen LogP contribution in [0.2, 0.25) is 5.15 Å². The van der Waals surface area contributed by atoms with Gasteiger partial charge in [-0.25, -0.2) is 9.78 Å². The van der Waals surface area contributed by atoms with Gasteiger partial charge in [-0.15, -0.1) is 0 Å². The van der Waals surface area contributed by atoms with Crippen molar-refractivity contribution < 1.29 is 14.1 Å². The van der Waals surface area contributed by atoms with Gasteiger partial charge in [-0.05, 0) is 25.0 Å². The molecule has 0 aliphatic carbocycles. The fourth-order valence-corrected chi connectivity index (χ4v) is 3.05. The van der Waals surface area contributed by atoms with Gasteiger partial charge in [0.15, 0.2) is 5.82 Å². The van der Waals surface area contributed by atoms with E-state index in [4.69, 9.17) is 20.9 Å². The number of ether oxygens (including phenoxy) is 1. The molecule has 1 saturated heterocycles. The molecule has 1 atom stereocenters. The highest BCUT2D eigenvalue weighted by Crippen LogP contribution is 2.29. The fourth-order valence-electron chi connectivity index (χ4n) is 2.88. The van der Waals surface area contributed by atoms with E-state index >= 15 is 0 Å². The van der Waals surface area contributed by atoms with Gasteiger partial charge in [-0.2, -0.15) is 4.98 Å². The van der Waals surface area contributed by atoms with Gasteiger partial charge in [0.1, 0.15) is 11.8 Å². The highest BCUT2D eigenvalue weighted by Gasteiger charge is 2.30. The van der Waals surface area contributed by atoms with E-state index in [1.165, 1.54) is 0 Å². The maximum Gasteiger partial charge on any atom is 0.322 e. The van der Waals surface area contributed by atoms with Gasteiger partial charge in [0, 0.05) is 25.5 Å². The van der Waals surface area contributed by atoms with E-state index in [1.54, 1.807) is 30.3 Å². The van der Waals surface area contributed by atoms with Crippen LogP contribution in [0.1, 0.15) is 43.4 Å². The summed E-state index contributed by atoms with van der Waals surface area (Å²) in [6.45, 7) is 0.880. The van der Waals surface area contributed by atoms with E-state index in [2.05, 4.69) is 20.4 Å². The molecule has 2 aromatic rings. The van der Waals surface area contributed by atoms with E-state index in [-0.39, 0.29) is 18.7 Å². The molecule has 9 heteroatoms. The number of aromatic nitrogens is 3. The second kappa shape index (κ2) is 8.26. The van der Waals surface area contributed by atoms with Crippen LogP contribution in [0.4, 0.5) is 10.5 Å². The summed E-state index contributed by atoms with van der Waals surface area (Å²) in [5.41, 5.74) is 0.598. The molecule has 25 heavy (non-hydrogen) atoms.